The molecule has 0 aromatic carbocycles. The molecule has 0 radical (unpaired) electrons. The topological polar surface area (TPSA) is 43.4 Å². The van der Waals surface area contributed by atoms with Gasteiger partial charge in [0.05, 0.1) is 5.60 Å². The van der Waals surface area contributed by atoms with Crippen LogP contribution in [0.1, 0.15) is 120 Å². The van der Waals surface area contributed by atoms with E-state index in [2.05, 4.69) is 62.3 Å². The lowest BCUT2D eigenvalue weighted by Gasteiger charge is -2.61. The van der Waals surface area contributed by atoms with Gasteiger partial charge >= 0.3 is 15.6 Å². The van der Waals surface area contributed by atoms with E-state index in [1.165, 1.54) is 0 Å². The maximum absolute atomic E-state index is 14.3. The van der Waals surface area contributed by atoms with Crippen LogP contribution in [0.2, 0.25) is 0 Å². The van der Waals surface area contributed by atoms with E-state index in [1.807, 2.05) is 0 Å². The van der Waals surface area contributed by atoms with Gasteiger partial charge in [-0.05, 0) is 110 Å². The molecule has 3 rings (SSSR count). The monoisotopic (exact) mass is 578 g/mol. The van der Waals surface area contributed by atoms with Gasteiger partial charge in [0.1, 0.15) is 0 Å². The van der Waals surface area contributed by atoms with Crippen LogP contribution in [0.4, 0.5) is 13.2 Å². The fourth-order valence-corrected chi connectivity index (χ4v) is 10.3. The zero-order valence-electron chi connectivity index (χ0n) is 26.1. The largest absolute Gasteiger partial charge is 0.523 e. The molecule has 3 saturated carbocycles. The molecular formula is C32H57F3O3S. The van der Waals surface area contributed by atoms with E-state index in [0.29, 0.717) is 17.8 Å². The molecule has 230 valence electrons. The second-order valence-corrected chi connectivity index (χ2v) is 16.7. The van der Waals surface area contributed by atoms with E-state index in [9.17, 15) is 21.6 Å². The highest BCUT2D eigenvalue weighted by Crippen LogP contribution is 2.62. The zero-order chi connectivity index (χ0) is 29.5. The van der Waals surface area contributed by atoms with E-state index in [4.69, 9.17) is 4.18 Å². The molecule has 3 fully saturated rings. The summed E-state index contributed by atoms with van der Waals surface area (Å²) in [6, 6.07) is 0. The van der Waals surface area contributed by atoms with Crippen LogP contribution >= 0.6 is 0 Å². The van der Waals surface area contributed by atoms with Crippen LogP contribution in [-0.4, -0.2) is 19.5 Å². The minimum absolute atomic E-state index is 0.139. The summed E-state index contributed by atoms with van der Waals surface area (Å²) >= 11 is 0. The zero-order valence-corrected chi connectivity index (χ0v) is 26.9. The Labute approximate surface area is 237 Å². The van der Waals surface area contributed by atoms with Gasteiger partial charge in [-0.1, -0.05) is 81.6 Å². The van der Waals surface area contributed by atoms with Crippen molar-refractivity contribution in [2.24, 2.45) is 71.0 Å². The summed E-state index contributed by atoms with van der Waals surface area (Å²) in [5.41, 5.74) is -6.79. The van der Waals surface area contributed by atoms with Gasteiger partial charge in [-0.25, -0.2) is 0 Å². The summed E-state index contributed by atoms with van der Waals surface area (Å²) in [7, 11) is -5.80. The van der Waals surface area contributed by atoms with Crippen molar-refractivity contribution in [2.75, 3.05) is 0 Å². The Morgan fingerprint density at radius 1 is 0.590 bits per heavy atom. The number of alkyl halides is 3. The van der Waals surface area contributed by atoms with Crippen LogP contribution in [0, 0.1) is 71.0 Å². The highest BCUT2D eigenvalue weighted by molar-refractivity contribution is 7.87. The molecule has 3 aliphatic carbocycles. The summed E-state index contributed by atoms with van der Waals surface area (Å²) in [4.78, 5) is 0. The van der Waals surface area contributed by atoms with Crippen molar-refractivity contribution < 1.29 is 25.8 Å². The summed E-state index contributed by atoms with van der Waals surface area (Å²) in [6.45, 7) is 19.6. The first kappa shape index (κ1) is 33.2. The Bertz CT molecular complexity index is 818. The van der Waals surface area contributed by atoms with E-state index >= 15 is 0 Å². The minimum Gasteiger partial charge on any atom is -0.256 e. The molecule has 0 N–H and O–H groups in total. The van der Waals surface area contributed by atoms with Crippen LogP contribution in [0.15, 0.2) is 0 Å². The number of hydrogen-bond donors (Lipinski definition) is 0. The molecule has 0 aliphatic heterocycles. The quantitative estimate of drug-likeness (QED) is 0.213. The fourth-order valence-electron chi connectivity index (χ4n) is 9.41. The number of rotatable bonds is 8. The van der Waals surface area contributed by atoms with Crippen LogP contribution in [0.3, 0.4) is 0 Å². The predicted molar refractivity (Wildman–Crippen MR) is 153 cm³/mol. The number of halogens is 3. The molecule has 0 saturated heterocycles. The average Bonchev–Trinajstić information content (AvgIpc) is 2.81. The molecule has 0 aromatic rings. The maximum Gasteiger partial charge on any atom is 0.523 e. The second-order valence-electron chi connectivity index (χ2n) is 15.1. The van der Waals surface area contributed by atoms with Crippen molar-refractivity contribution in [3.63, 3.8) is 0 Å². The molecule has 0 spiro atoms. The van der Waals surface area contributed by atoms with Gasteiger partial charge in [-0.2, -0.15) is 21.6 Å². The normalized spacial score (nSPS) is 38.8. The summed E-state index contributed by atoms with van der Waals surface area (Å²) in [5, 5.41) is 0. The Morgan fingerprint density at radius 3 is 1.10 bits per heavy atom. The van der Waals surface area contributed by atoms with Crippen molar-refractivity contribution in [2.45, 2.75) is 131 Å². The summed E-state index contributed by atoms with van der Waals surface area (Å²) in [5.74, 6) is 1.50. The third-order valence-corrected chi connectivity index (χ3v) is 12.4. The molecule has 0 aromatic heterocycles. The highest BCUT2D eigenvalue weighted by atomic mass is 32.2. The van der Waals surface area contributed by atoms with Gasteiger partial charge in [-0.15, -0.1) is 0 Å². The van der Waals surface area contributed by atoms with Gasteiger partial charge in [0.15, 0.2) is 0 Å². The third kappa shape index (κ3) is 6.86. The Balaban J connectivity index is 2.41. The van der Waals surface area contributed by atoms with E-state index < -0.39 is 21.2 Å². The molecule has 0 bridgehead atoms. The number of hydrogen-bond acceptors (Lipinski definition) is 3. The predicted octanol–water partition coefficient (Wildman–Crippen LogP) is 9.72. The van der Waals surface area contributed by atoms with Crippen molar-refractivity contribution in [1.29, 1.82) is 0 Å². The lowest BCUT2D eigenvalue weighted by molar-refractivity contribution is -0.192. The Morgan fingerprint density at radius 2 is 0.872 bits per heavy atom. The minimum atomic E-state index is -5.80. The van der Waals surface area contributed by atoms with E-state index in [-0.39, 0.29) is 53.3 Å². The Kier molecular flexibility index (Phi) is 10.7. The summed E-state index contributed by atoms with van der Waals surface area (Å²) < 4.78 is 75.8. The van der Waals surface area contributed by atoms with E-state index in [1.54, 1.807) is 0 Å². The van der Waals surface area contributed by atoms with Gasteiger partial charge < -0.3 is 0 Å². The first-order chi connectivity index (χ1) is 17.9. The van der Waals surface area contributed by atoms with Crippen molar-refractivity contribution >= 4 is 10.1 Å². The van der Waals surface area contributed by atoms with Gasteiger partial charge in [0.25, 0.3) is 0 Å². The SMILES string of the molecule is CC1CCC(C(C)C)C(C(OS(=O)(=O)C(F)(F)F)(C2CC(C)CCC2C(C)C)C2CC(C)CCC2C(C)C)C1. The average molecular weight is 579 g/mol. The molecular weight excluding hydrogens is 521 g/mol. The van der Waals surface area contributed by atoms with Crippen molar-refractivity contribution in [3.05, 3.63) is 0 Å². The molecule has 7 heteroatoms. The second kappa shape index (κ2) is 12.5. The van der Waals surface area contributed by atoms with Crippen LogP contribution in [0.5, 0.6) is 0 Å². The highest BCUT2D eigenvalue weighted by Gasteiger charge is 2.65. The van der Waals surface area contributed by atoms with Crippen LogP contribution < -0.4 is 0 Å². The molecule has 3 aliphatic rings. The third-order valence-electron chi connectivity index (χ3n) is 11.3. The molecule has 39 heavy (non-hydrogen) atoms. The van der Waals surface area contributed by atoms with Crippen LogP contribution in [-0.2, 0) is 14.3 Å². The van der Waals surface area contributed by atoms with E-state index in [0.717, 1.165) is 57.8 Å². The van der Waals surface area contributed by atoms with Gasteiger partial charge in [0.2, 0.25) is 0 Å². The molecule has 0 heterocycles. The standard InChI is InChI=1S/C32H57F3O3S/c1-19(2)25-13-10-22(7)16-28(25)31(38-39(36,37)32(33,34)35,29-17-23(8)11-14-26(29)20(3)4)30-18-24(9)12-15-27(30)21(5)6/h19-30H,10-18H2,1-9H3. The van der Waals surface area contributed by atoms with Gasteiger partial charge in [0, 0.05) is 0 Å². The lowest BCUT2D eigenvalue weighted by atomic mass is 9.48. The van der Waals surface area contributed by atoms with Crippen molar-refractivity contribution in [1.82, 2.24) is 0 Å². The fraction of sp³-hybridized carbons (Fsp3) is 1.00. The molecule has 0 amide bonds. The van der Waals surface area contributed by atoms with Crippen molar-refractivity contribution in [3.8, 4) is 0 Å². The lowest BCUT2D eigenvalue weighted by Crippen LogP contribution is -2.64. The first-order valence-electron chi connectivity index (χ1n) is 15.9. The summed E-state index contributed by atoms with van der Waals surface area (Å²) in [6.07, 6.45) is 8.07. The smallest absolute Gasteiger partial charge is 0.256 e. The first-order valence-corrected chi connectivity index (χ1v) is 17.3. The molecule has 3 nitrogen and oxygen atoms in total. The molecule has 9 unspecified atom stereocenters. The maximum atomic E-state index is 14.3. The molecule has 9 atom stereocenters. The van der Waals surface area contributed by atoms with Crippen LogP contribution in [0.25, 0.3) is 0 Å². The Hall–Kier alpha value is -0.300. The van der Waals surface area contributed by atoms with Gasteiger partial charge in [-0.3, -0.25) is 4.18 Å².